The number of nitrogens with zero attached hydrogens (tertiary/aromatic N) is 1. The highest BCUT2D eigenvalue weighted by Crippen LogP contribution is 2.25. The molecule has 0 atom stereocenters. The topological polar surface area (TPSA) is 49.4 Å². The molecule has 1 saturated heterocycles. The third-order valence-corrected chi connectivity index (χ3v) is 5.46. The minimum atomic E-state index is -0.253. The smallest absolute Gasteiger partial charge is 0.223 e. The molecule has 1 aromatic rings. The van der Waals surface area contributed by atoms with Crippen LogP contribution in [0.1, 0.15) is 50.5 Å². The molecule has 1 saturated carbocycles. The molecule has 0 aromatic heterocycles. The molecule has 2 fully saturated rings. The molecule has 25 heavy (non-hydrogen) atoms. The van der Waals surface area contributed by atoms with E-state index in [-0.39, 0.29) is 29.6 Å². The largest absolute Gasteiger partial charge is 0.353 e. The molecule has 3 rings (SSSR count). The monoisotopic (exact) mass is 346 g/mol. The molecule has 2 aliphatic rings. The maximum absolute atomic E-state index is 12.9. The highest BCUT2D eigenvalue weighted by molar-refractivity contribution is 5.79. The minimum Gasteiger partial charge on any atom is -0.353 e. The van der Waals surface area contributed by atoms with Gasteiger partial charge in [0.2, 0.25) is 11.8 Å². The van der Waals surface area contributed by atoms with Crippen molar-refractivity contribution < 1.29 is 14.0 Å². The zero-order valence-electron chi connectivity index (χ0n) is 14.7. The molecule has 2 amide bonds. The van der Waals surface area contributed by atoms with E-state index in [1.54, 1.807) is 12.1 Å². The van der Waals surface area contributed by atoms with E-state index >= 15 is 0 Å². The van der Waals surface area contributed by atoms with Crippen molar-refractivity contribution in [1.82, 2.24) is 10.2 Å². The van der Waals surface area contributed by atoms with Crippen molar-refractivity contribution in [1.29, 1.82) is 0 Å². The fourth-order valence-electron chi connectivity index (χ4n) is 3.84. The molecule has 1 aromatic carbocycles. The Hall–Kier alpha value is -1.91. The van der Waals surface area contributed by atoms with Gasteiger partial charge in [0, 0.05) is 31.5 Å². The van der Waals surface area contributed by atoms with Gasteiger partial charge in [0.1, 0.15) is 5.82 Å². The number of rotatable bonds is 5. The van der Waals surface area contributed by atoms with Crippen LogP contribution in [0.2, 0.25) is 0 Å². The maximum atomic E-state index is 12.9. The van der Waals surface area contributed by atoms with Crippen molar-refractivity contribution >= 4 is 11.8 Å². The van der Waals surface area contributed by atoms with Gasteiger partial charge in [-0.2, -0.15) is 0 Å². The molecule has 1 aliphatic heterocycles. The minimum absolute atomic E-state index is 0.143. The number of hydrogen-bond acceptors (Lipinski definition) is 2. The average Bonchev–Trinajstić information content (AvgIpc) is 3.16. The van der Waals surface area contributed by atoms with Gasteiger partial charge in [-0.1, -0.05) is 25.0 Å². The summed E-state index contributed by atoms with van der Waals surface area (Å²) >= 11 is 0. The number of halogens is 1. The van der Waals surface area contributed by atoms with Gasteiger partial charge in [-0.25, -0.2) is 4.39 Å². The Bertz CT molecular complexity index is 588. The second-order valence-electron chi connectivity index (χ2n) is 7.27. The molecule has 1 aliphatic carbocycles. The van der Waals surface area contributed by atoms with Crippen molar-refractivity contribution in [2.45, 2.75) is 57.4 Å². The Labute approximate surface area is 148 Å². The molecule has 0 radical (unpaired) electrons. The predicted octanol–water partition coefficient (Wildman–Crippen LogP) is 3.06. The highest BCUT2D eigenvalue weighted by Gasteiger charge is 2.27. The Morgan fingerprint density at radius 2 is 1.68 bits per heavy atom. The lowest BCUT2D eigenvalue weighted by molar-refractivity contribution is -0.132. The summed E-state index contributed by atoms with van der Waals surface area (Å²) < 4.78 is 12.9. The van der Waals surface area contributed by atoms with Crippen LogP contribution in [0.5, 0.6) is 0 Å². The van der Waals surface area contributed by atoms with E-state index in [4.69, 9.17) is 0 Å². The average molecular weight is 346 g/mol. The van der Waals surface area contributed by atoms with Gasteiger partial charge in [-0.15, -0.1) is 0 Å². The van der Waals surface area contributed by atoms with Crippen molar-refractivity contribution in [2.24, 2.45) is 5.92 Å². The van der Waals surface area contributed by atoms with E-state index in [2.05, 4.69) is 5.32 Å². The first kappa shape index (κ1) is 17.9. The summed E-state index contributed by atoms with van der Waals surface area (Å²) in [6, 6.07) is 6.52. The summed E-state index contributed by atoms with van der Waals surface area (Å²) in [5.41, 5.74) is 0.980. The van der Waals surface area contributed by atoms with Gasteiger partial charge in [0.15, 0.2) is 0 Å². The molecule has 1 heterocycles. The third kappa shape index (κ3) is 5.03. The molecular formula is C20H27FN2O2. The molecule has 0 spiro atoms. The maximum Gasteiger partial charge on any atom is 0.223 e. The van der Waals surface area contributed by atoms with Crippen molar-refractivity contribution in [3.63, 3.8) is 0 Å². The van der Waals surface area contributed by atoms with Gasteiger partial charge in [-0.3, -0.25) is 9.59 Å². The van der Waals surface area contributed by atoms with E-state index in [1.165, 1.54) is 25.0 Å². The number of amides is 2. The zero-order chi connectivity index (χ0) is 17.6. The third-order valence-electron chi connectivity index (χ3n) is 5.46. The van der Waals surface area contributed by atoms with Crippen LogP contribution in [-0.4, -0.2) is 35.8 Å². The Balaban J connectivity index is 1.38. The van der Waals surface area contributed by atoms with Crippen LogP contribution in [0.4, 0.5) is 4.39 Å². The van der Waals surface area contributed by atoms with Crippen LogP contribution in [0.15, 0.2) is 24.3 Å². The van der Waals surface area contributed by atoms with Crippen LogP contribution in [-0.2, 0) is 16.0 Å². The number of aryl methyl sites for hydroxylation is 1. The van der Waals surface area contributed by atoms with Crippen LogP contribution < -0.4 is 5.32 Å². The summed E-state index contributed by atoms with van der Waals surface area (Å²) in [6.07, 6.45) is 7.13. The van der Waals surface area contributed by atoms with E-state index in [0.717, 1.165) is 31.2 Å². The first-order chi connectivity index (χ1) is 12.1. The number of carbonyl (C=O) groups is 2. The summed E-state index contributed by atoms with van der Waals surface area (Å²) in [7, 11) is 0. The van der Waals surface area contributed by atoms with Crippen molar-refractivity contribution in [2.75, 3.05) is 13.1 Å². The standard InChI is InChI=1S/C20H27FN2O2/c21-17-8-5-15(6-9-17)7-10-19(24)23-13-11-18(12-14-23)22-20(25)16-3-1-2-4-16/h5-6,8-9,16,18H,1-4,7,10-14H2,(H,22,25). The first-order valence-electron chi connectivity index (χ1n) is 9.44. The lowest BCUT2D eigenvalue weighted by atomic mass is 10.0. The lowest BCUT2D eigenvalue weighted by Crippen LogP contribution is -2.47. The summed E-state index contributed by atoms with van der Waals surface area (Å²) in [5, 5.41) is 3.17. The normalized spacial score (nSPS) is 19.2. The molecule has 136 valence electrons. The number of hydrogen-bond donors (Lipinski definition) is 1. The Kier molecular flexibility index (Phi) is 6.05. The number of likely N-dealkylation sites (tertiary alicyclic amines) is 1. The molecule has 1 N–H and O–H groups in total. The van der Waals surface area contributed by atoms with Gasteiger partial charge in [0.05, 0.1) is 0 Å². The van der Waals surface area contributed by atoms with Crippen LogP contribution >= 0.6 is 0 Å². The second-order valence-corrected chi connectivity index (χ2v) is 7.27. The van der Waals surface area contributed by atoms with Gasteiger partial charge in [-0.05, 0) is 49.8 Å². The summed E-state index contributed by atoms with van der Waals surface area (Å²) in [6.45, 7) is 1.41. The van der Waals surface area contributed by atoms with Crippen molar-refractivity contribution in [3.05, 3.63) is 35.6 Å². The number of piperidine rings is 1. The quantitative estimate of drug-likeness (QED) is 0.891. The molecule has 5 heteroatoms. The molecule has 0 unspecified atom stereocenters. The SMILES string of the molecule is O=C(NC1CCN(C(=O)CCc2ccc(F)cc2)CC1)C1CCCC1. The van der Waals surface area contributed by atoms with Gasteiger partial charge in [0.25, 0.3) is 0 Å². The van der Waals surface area contributed by atoms with Gasteiger partial charge >= 0.3 is 0 Å². The number of carbonyl (C=O) groups excluding carboxylic acids is 2. The summed E-state index contributed by atoms with van der Waals surface area (Å²) in [5.74, 6) is 0.302. The Morgan fingerprint density at radius 1 is 1.04 bits per heavy atom. The van der Waals surface area contributed by atoms with Crippen LogP contribution in [0.3, 0.4) is 0 Å². The van der Waals surface area contributed by atoms with E-state index in [1.807, 2.05) is 4.90 Å². The fourth-order valence-corrected chi connectivity index (χ4v) is 3.84. The molecule has 0 bridgehead atoms. The molecule has 4 nitrogen and oxygen atoms in total. The van der Waals surface area contributed by atoms with E-state index < -0.39 is 0 Å². The summed E-state index contributed by atoms with van der Waals surface area (Å²) in [4.78, 5) is 26.4. The Morgan fingerprint density at radius 3 is 2.32 bits per heavy atom. The second kappa shape index (κ2) is 8.45. The lowest BCUT2D eigenvalue weighted by Gasteiger charge is -2.33. The van der Waals surface area contributed by atoms with Gasteiger partial charge < -0.3 is 10.2 Å². The first-order valence-corrected chi connectivity index (χ1v) is 9.44. The van der Waals surface area contributed by atoms with Crippen LogP contribution in [0.25, 0.3) is 0 Å². The van der Waals surface area contributed by atoms with Crippen LogP contribution in [0, 0.1) is 11.7 Å². The van der Waals surface area contributed by atoms with Crippen molar-refractivity contribution in [3.8, 4) is 0 Å². The highest BCUT2D eigenvalue weighted by atomic mass is 19.1. The molecular weight excluding hydrogens is 319 g/mol. The fraction of sp³-hybridized carbons (Fsp3) is 0.600. The predicted molar refractivity (Wildman–Crippen MR) is 94.4 cm³/mol. The number of nitrogens with one attached hydrogen (secondary N) is 1. The van der Waals surface area contributed by atoms with E-state index in [0.29, 0.717) is 25.9 Å². The van der Waals surface area contributed by atoms with E-state index in [9.17, 15) is 14.0 Å². The number of benzene rings is 1. The zero-order valence-corrected chi connectivity index (χ0v) is 14.7.